The fraction of sp³-hybridized carbons (Fsp3) is 0.545. The second-order valence-electron chi connectivity index (χ2n) is 4.82. The van der Waals surface area contributed by atoms with Crippen molar-refractivity contribution in [3.8, 4) is 0 Å². The Balaban J connectivity index is 1.99. The lowest BCUT2D eigenvalue weighted by atomic mass is 9.90. The summed E-state index contributed by atoms with van der Waals surface area (Å²) in [6.45, 7) is 3.54. The number of hydrogen-bond acceptors (Lipinski definition) is 5. The molecule has 2 heterocycles. The zero-order valence-corrected chi connectivity index (χ0v) is 10.8. The predicted molar refractivity (Wildman–Crippen MR) is 66.6 cm³/mol. The van der Waals surface area contributed by atoms with Crippen LogP contribution in [0.5, 0.6) is 0 Å². The Morgan fingerprint density at radius 3 is 2.89 bits per heavy atom. The molecule has 0 bridgehead atoms. The molecule has 0 radical (unpaired) electrons. The maximum Gasteiger partial charge on any atom is 0.324 e. The molecule has 18 heavy (non-hydrogen) atoms. The van der Waals surface area contributed by atoms with Crippen LogP contribution in [0.25, 0.3) is 0 Å². The van der Waals surface area contributed by atoms with Crippen molar-refractivity contribution >= 4 is 22.3 Å². The van der Waals surface area contributed by atoms with Crippen LogP contribution in [0.4, 0.5) is 5.00 Å². The number of rotatable bonds is 4. The number of carboxylic acids is 1. The maximum absolute atomic E-state index is 11.1. The van der Waals surface area contributed by atoms with Crippen LogP contribution in [0.3, 0.4) is 0 Å². The van der Waals surface area contributed by atoms with Crippen molar-refractivity contribution in [3.63, 3.8) is 0 Å². The van der Waals surface area contributed by atoms with Crippen molar-refractivity contribution < 1.29 is 14.8 Å². The van der Waals surface area contributed by atoms with Gasteiger partial charge >= 0.3 is 11.0 Å². The van der Waals surface area contributed by atoms with Gasteiger partial charge in [0.2, 0.25) is 0 Å². The van der Waals surface area contributed by atoms with Gasteiger partial charge in [0.25, 0.3) is 0 Å². The molecule has 0 spiro atoms. The number of aliphatic carboxylic acids is 1. The number of thiophene rings is 1. The largest absolute Gasteiger partial charge is 0.481 e. The van der Waals surface area contributed by atoms with Gasteiger partial charge in [-0.1, -0.05) is 11.3 Å². The van der Waals surface area contributed by atoms with E-state index in [1.807, 2.05) is 4.90 Å². The highest BCUT2D eigenvalue weighted by Gasteiger charge is 2.40. The van der Waals surface area contributed by atoms with E-state index in [-0.39, 0.29) is 5.00 Å². The van der Waals surface area contributed by atoms with Crippen LogP contribution in [-0.2, 0) is 11.3 Å². The van der Waals surface area contributed by atoms with Gasteiger partial charge in [-0.15, -0.1) is 0 Å². The first kappa shape index (κ1) is 13.0. The van der Waals surface area contributed by atoms with Crippen molar-refractivity contribution in [1.82, 2.24) is 4.90 Å². The molecule has 0 aromatic carbocycles. The van der Waals surface area contributed by atoms with Gasteiger partial charge in [0.1, 0.15) is 0 Å². The average Bonchev–Trinajstić information content (AvgIpc) is 2.87. The highest BCUT2D eigenvalue weighted by Crippen LogP contribution is 2.32. The van der Waals surface area contributed by atoms with Crippen LogP contribution < -0.4 is 0 Å². The molecule has 0 saturated carbocycles. The van der Waals surface area contributed by atoms with Crippen LogP contribution in [0.15, 0.2) is 12.1 Å². The number of hydrogen-bond donors (Lipinski definition) is 1. The zero-order chi connectivity index (χ0) is 13.3. The van der Waals surface area contributed by atoms with Gasteiger partial charge in [-0.3, -0.25) is 19.8 Å². The normalized spacial score (nSPS) is 24.3. The summed E-state index contributed by atoms with van der Waals surface area (Å²) in [5, 5.41) is 19.8. The SMILES string of the molecule is CC1(C(=O)O)CCN(Cc2ccc([N+](=O)[O-])s2)C1. The van der Waals surface area contributed by atoms with Gasteiger partial charge in [-0.05, 0) is 26.0 Å². The number of carbonyl (C=O) groups is 1. The van der Waals surface area contributed by atoms with Crippen molar-refractivity contribution in [3.05, 3.63) is 27.1 Å². The number of carboxylic acid groups (broad SMARTS) is 1. The van der Waals surface area contributed by atoms with E-state index in [2.05, 4.69) is 0 Å². The Kier molecular flexibility index (Phi) is 3.36. The minimum absolute atomic E-state index is 0.130. The molecule has 6 nitrogen and oxygen atoms in total. The molecule has 2 rings (SSSR count). The lowest BCUT2D eigenvalue weighted by Gasteiger charge is -2.19. The Labute approximate surface area is 108 Å². The summed E-state index contributed by atoms with van der Waals surface area (Å²) in [6, 6.07) is 3.23. The molecule has 1 saturated heterocycles. The molecule has 98 valence electrons. The van der Waals surface area contributed by atoms with Gasteiger partial charge in [-0.2, -0.15) is 0 Å². The molecule has 1 unspecified atom stereocenters. The molecule has 1 aromatic heterocycles. The molecule has 1 aliphatic heterocycles. The number of likely N-dealkylation sites (tertiary alicyclic amines) is 1. The van der Waals surface area contributed by atoms with E-state index in [1.165, 1.54) is 6.07 Å². The second kappa shape index (κ2) is 4.66. The Morgan fingerprint density at radius 1 is 1.67 bits per heavy atom. The van der Waals surface area contributed by atoms with E-state index in [1.54, 1.807) is 13.0 Å². The maximum atomic E-state index is 11.1. The summed E-state index contributed by atoms with van der Waals surface area (Å²) in [6.07, 6.45) is 0.621. The first-order valence-corrected chi connectivity index (χ1v) is 6.41. The van der Waals surface area contributed by atoms with E-state index < -0.39 is 16.3 Å². The number of nitrogens with zero attached hydrogens (tertiary/aromatic N) is 2. The molecule has 1 aliphatic rings. The van der Waals surface area contributed by atoms with Crippen LogP contribution in [0, 0.1) is 15.5 Å². The zero-order valence-electron chi connectivity index (χ0n) is 9.96. The second-order valence-corrected chi connectivity index (χ2v) is 5.97. The van der Waals surface area contributed by atoms with E-state index in [4.69, 9.17) is 5.11 Å². The van der Waals surface area contributed by atoms with Crippen molar-refractivity contribution in [2.75, 3.05) is 13.1 Å². The fourth-order valence-electron chi connectivity index (χ4n) is 2.14. The van der Waals surface area contributed by atoms with E-state index in [9.17, 15) is 14.9 Å². The lowest BCUT2D eigenvalue weighted by molar-refractivity contribution is -0.380. The van der Waals surface area contributed by atoms with E-state index in [0.717, 1.165) is 16.2 Å². The van der Waals surface area contributed by atoms with Gasteiger partial charge in [-0.25, -0.2) is 0 Å². The molecule has 1 atom stereocenters. The van der Waals surface area contributed by atoms with Gasteiger partial charge in [0, 0.05) is 24.0 Å². The van der Waals surface area contributed by atoms with Crippen molar-refractivity contribution in [2.45, 2.75) is 19.9 Å². The van der Waals surface area contributed by atoms with Crippen molar-refractivity contribution in [1.29, 1.82) is 0 Å². The third-order valence-electron chi connectivity index (χ3n) is 3.28. The Bertz CT molecular complexity index is 487. The van der Waals surface area contributed by atoms with Gasteiger partial charge < -0.3 is 5.11 Å². The molecular formula is C11H14N2O4S. The summed E-state index contributed by atoms with van der Waals surface area (Å²) < 4.78 is 0. The minimum Gasteiger partial charge on any atom is -0.481 e. The highest BCUT2D eigenvalue weighted by atomic mass is 32.1. The summed E-state index contributed by atoms with van der Waals surface area (Å²) in [5.41, 5.74) is -0.691. The smallest absolute Gasteiger partial charge is 0.324 e. The fourth-order valence-corrected chi connectivity index (χ4v) is 3.00. The first-order valence-electron chi connectivity index (χ1n) is 5.59. The minimum atomic E-state index is -0.776. The lowest BCUT2D eigenvalue weighted by Crippen LogP contribution is -2.31. The molecule has 0 aliphatic carbocycles. The van der Waals surface area contributed by atoms with Crippen LogP contribution in [0.1, 0.15) is 18.2 Å². The topological polar surface area (TPSA) is 83.7 Å². The average molecular weight is 270 g/mol. The highest BCUT2D eigenvalue weighted by molar-refractivity contribution is 7.15. The predicted octanol–water partition coefficient (Wildman–Crippen LogP) is 1.95. The van der Waals surface area contributed by atoms with Crippen LogP contribution in [0.2, 0.25) is 0 Å². The third-order valence-corrected chi connectivity index (χ3v) is 4.30. The van der Waals surface area contributed by atoms with Crippen LogP contribution in [-0.4, -0.2) is 34.0 Å². The van der Waals surface area contributed by atoms with Gasteiger partial charge in [0.15, 0.2) is 0 Å². The number of nitro groups is 1. The monoisotopic (exact) mass is 270 g/mol. The van der Waals surface area contributed by atoms with Gasteiger partial charge in [0.05, 0.1) is 10.3 Å². The molecular weight excluding hydrogens is 256 g/mol. The molecule has 1 aromatic rings. The van der Waals surface area contributed by atoms with Crippen LogP contribution >= 0.6 is 11.3 Å². The van der Waals surface area contributed by atoms with E-state index >= 15 is 0 Å². The Hall–Kier alpha value is -1.47. The first-order chi connectivity index (χ1) is 8.40. The summed E-state index contributed by atoms with van der Waals surface area (Å²) in [5.74, 6) is -0.776. The molecule has 0 amide bonds. The third kappa shape index (κ3) is 2.51. The summed E-state index contributed by atoms with van der Waals surface area (Å²) in [4.78, 5) is 24.2. The van der Waals surface area contributed by atoms with E-state index in [0.29, 0.717) is 26.1 Å². The van der Waals surface area contributed by atoms with Crippen molar-refractivity contribution in [2.24, 2.45) is 5.41 Å². The summed E-state index contributed by atoms with van der Waals surface area (Å²) >= 11 is 1.15. The quantitative estimate of drug-likeness (QED) is 0.667. The molecule has 1 N–H and O–H groups in total. The molecule has 1 fully saturated rings. The standard InChI is InChI=1S/C11H14N2O4S/c1-11(10(14)15)4-5-12(7-11)6-8-2-3-9(18-8)13(16)17/h2-3H,4-7H2,1H3,(H,14,15). The molecule has 7 heteroatoms. The Morgan fingerprint density at radius 2 is 2.39 bits per heavy atom. The summed E-state index contributed by atoms with van der Waals surface area (Å²) in [7, 11) is 0.